The minimum absolute atomic E-state index is 0.137. The Labute approximate surface area is 93.6 Å². The molecule has 2 aromatic rings. The molecule has 0 bridgehead atoms. The molecular weight excluding hydrogens is 204 g/mol. The van der Waals surface area contributed by atoms with E-state index in [-0.39, 0.29) is 16.9 Å². The molecule has 1 aromatic carbocycles. The number of rotatable bonds is 0. The fourth-order valence-electron chi connectivity index (χ4n) is 1.42. The summed E-state index contributed by atoms with van der Waals surface area (Å²) in [5.74, 6) is 0.399. The molecule has 0 unspecified atom stereocenters. The molecule has 0 spiro atoms. The van der Waals surface area contributed by atoms with Crippen LogP contribution in [0.4, 0.5) is 0 Å². The van der Waals surface area contributed by atoms with Crippen LogP contribution in [0.1, 0.15) is 26.6 Å². The highest BCUT2D eigenvalue weighted by Crippen LogP contribution is 2.30. The molecule has 4 nitrogen and oxygen atoms in total. The maximum atomic E-state index is 9.40. The number of phenolic OH excluding ortho intramolecular Hbond substituents is 2. The largest absolute Gasteiger partial charge is 0.504 e. The maximum absolute atomic E-state index is 9.40. The van der Waals surface area contributed by atoms with E-state index in [2.05, 4.69) is 9.97 Å². The highest BCUT2D eigenvalue weighted by atomic mass is 16.3. The van der Waals surface area contributed by atoms with Crippen LogP contribution in [0.25, 0.3) is 10.9 Å². The van der Waals surface area contributed by atoms with Gasteiger partial charge in [-0.2, -0.15) is 0 Å². The average molecular weight is 218 g/mol. The quantitative estimate of drug-likeness (QED) is 0.666. The zero-order valence-electron chi connectivity index (χ0n) is 9.52. The van der Waals surface area contributed by atoms with Crippen LogP contribution in [-0.4, -0.2) is 20.2 Å². The molecule has 0 fully saturated rings. The summed E-state index contributed by atoms with van der Waals surface area (Å²) in [6.07, 6.45) is 1.65. The third-order valence-corrected chi connectivity index (χ3v) is 2.35. The standard InChI is InChI=1S/C12H14N2O2/c1-12(2,3)11-13-6-7-4-9(15)10(16)5-8(7)14-11/h4-6,15-16H,1-3H3. The summed E-state index contributed by atoms with van der Waals surface area (Å²) in [5.41, 5.74) is 0.497. The van der Waals surface area contributed by atoms with Crippen LogP contribution in [0.15, 0.2) is 18.3 Å². The summed E-state index contributed by atoms with van der Waals surface area (Å²) in [6.45, 7) is 6.07. The smallest absolute Gasteiger partial charge is 0.159 e. The Kier molecular flexibility index (Phi) is 2.22. The van der Waals surface area contributed by atoms with Gasteiger partial charge in [-0.05, 0) is 6.07 Å². The van der Waals surface area contributed by atoms with E-state index in [1.807, 2.05) is 20.8 Å². The molecular formula is C12H14N2O2. The van der Waals surface area contributed by atoms with Gasteiger partial charge in [0, 0.05) is 23.1 Å². The third-order valence-electron chi connectivity index (χ3n) is 2.35. The Morgan fingerprint density at radius 3 is 2.31 bits per heavy atom. The van der Waals surface area contributed by atoms with Crippen LogP contribution in [0.3, 0.4) is 0 Å². The summed E-state index contributed by atoms with van der Waals surface area (Å²) in [6, 6.07) is 2.90. The molecule has 2 N–H and O–H groups in total. The van der Waals surface area contributed by atoms with E-state index in [1.54, 1.807) is 6.20 Å². The molecule has 1 heterocycles. The van der Waals surface area contributed by atoms with E-state index >= 15 is 0 Å². The molecule has 1 aromatic heterocycles. The number of phenols is 2. The Bertz CT molecular complexity index is 544. The van der Waals surface area contributed by atoms with Crippen molar-refractivity contribution >= 4 is 10.9 Å². The van der Waals surface area contributed by atoms with E-state index in [0.717, 1.165) is 0 Å². The van der Waals surface area contributed by atoms with Crippen LogP contribution < -0.4 is 0 Å². The molecule has 0 saturated heterocycles. The summed E-state index contributed by atoms with van der Waals surface area (Å²) in [7, 11) is 0. The number of hydrogen-bond donors (Lipinski definition) is 2. The zero-order valence-corrected chi connectivity index (χ0v) is 9.52. The monoisotopic (exact) mass is 218 g/mol. The van der Waals surface area contributed by atoms with Crippen molar-refractivity contribution in [2.24, 2.45) is 0 Å². The SMILES string of the molecule is CC(C)(C)c1ncc2cc(O)c(O)cc2n1. The first-order valence-electron chi connectivity index (χ1n) is 5.07. The minimum Gasteiger partial charge on any atom is -0.504 e. The fraction of sp³-hybridized carbons (Fsp3) is 0.333. The Balaban J connectivity index is 2.67. The van der Waals surface area contributed by atoms with Gasteiger partial charge in [0.2, 0.25) is 0 Å². The maximum Gasteiger partial charge on any atom is 0.159 e. The van der Waals surface area contributed by atoms with Gasteiger partial charge in [0.25, 0.3) is 0 Å². The van der Waals surface area contributed by atoms with Crippen molar-refractivity contribution in [1.82, 2.24) is 9.97 Å². The van der Waals surface area contributed by atoms with Crippen LogP contribution >= 0.6 is 0 Å². The van der Waals surface area contributed by atoms with E-state index in [9.17, 15) is 10.2 Å². The Morgan fingerprint density at radius 2 is 1.69 bits per heavy atom. The van der Waals surface area contributed by atoms with Crippen molar-refractivity contribution in [3.05, 3.63) is 24.2 Å². The average Bonchev–Trinajstić information content (AvgIpc) is 2.17. The lowest BCUT2D eigenvalue weighted by Gasteiger charge is -2.16. The molecule has 0 radical (unpaired) electrons. The van der Waals surface area contributed by atoms with E-state index in [1.165, 1.54) is 12.1 Å². The second-order valence-electron chi connectivity index (χ2n) is 4.84. The predicted octanol–water partition coefficient (Wildman–Crippen LogP) is 2.34. The summed E-state index contributed by atoms with van der Waals surface area (Å²) in [5, 5.41) is 19.5. The molecule has 0 aliphatic rings. The molecule has 84 valence electrons. The number of aromatic hydroxyl groups is 2. The van der Waals surface area contributed by atoms with Crippen LogP contribution in [-0.2, 0) is 5.41 Å². The molecule has 0 amide bonds. The second kappa shape index (κ2) is 3.33. The van der Waals surface area contributed by atoms with Gasteiger partial charge in [-0.1, -0.05) is 20.8 Å². The molecule has 4 heteroatoms. The summed E-state index contributed by atoms with van der Waals surface area (Å²) < 4.78 is 0. The first kappa shape index (κ1) is 10.7. The predicted molar refractivity (Wildman–Crippen MR) is 61.6 cm³/mol. The van der Waals surface area contributed by atoms with Crippen molar-refractivity contribution in [3.8, 4) is 11.5 Å². The lowest BCUT2D eigenvalue weighted by Crippen LogP contribution is -2.15. The van der Waals surface area contributed by atoms with Crippen LogP contribution in [0.5, 0.6) is 11.5 Å². The highest BCUT2D eigenvalue weighted by molar-refractivity contribution is 5.81. The first-order chi connectivity index (χ1) is 7.38. The van der Waals surface area contributed by atoms with Gasteiger partial charge in [0.1, 0.15) is 5.82 Å². The number of aromatic nitrogens is 2. The first-order valence-corrected chi connectivity index (χ1v) is 5.07. The number of fused-ring (bicyclic) bond motifs is 1. The van der Waals surface area contributed by atoms with E-state index in [0.29, 0.717) is 16.7 Å². The number of hydrogen-bond acceptors (Lipinski definition) is 4. The minimum atomic E-state index is -0.161. The number of benzene rings is 1. The van der Waals surface area contributed by atoms with Gasteiger partial charge in [-0.3, -0.25) is 0 Å². The van der Waals surface area contributed by atoms with Crippen molar-refractivity contribution in [3.63, 3.8) is 0 Å². The normalized spacial score (nSPS) is 11.9. The highest BCUT2D eigenvalue weighted by Gasteiger charge is 2.17. The van der Waals surface area contributed by atoms with Crippen molar-refractivity contribution < 1.29 is 10.2 Å². The molecule has 0 aliphatic carbocycles. The number of nitrogens with zero attached hydrogens (tertiary/aromatic N) is 2. The van der Waals surface area contributed by atoms with Gasteiger partial charge in [0.05, 0.1) is 5.52 Å². The summed E-state index contributed by atoms with van der Waals surface area (Å²) >= 11 is 0. The van der Waals surface area contributed by atoms with Gasteiger partial charge >= 0.3 is 0 Å². The molecule has 2 rings (SSSR count). The van der Waals surface area contributed by atoms with E-state index < -0.39 is 0 Å². The zero-order chi connectivity index (χ0) is 11.9. The van der Waals surface area contributed by atoms with Crippen molar-refractivity contribution in [2.45, 2.75) is 26.2 Å². The molecule has 0 aliphatic heterocycles. The molecule has 0 saturated carbocycles. The molecule has 0 atom stereocenters. The Hall–Kier alpha value is -1.84. The van der Waals surface area contributed by atoms with Gasteiger partial charge in [-0.15, -0.1) is 0 Å². The van der Waals surface area contributed by atoms with Crippen LogP contribution in [0, 0.1) is 0 Å². The topological polar surface area (TPSA) is 66.2 Å². The lowest BCUT2D eigenvalue weighted by atomic mass is 9.95. The van der Waals surface area contributed by atoms with Gasteiger partial charge in [-0.25, -0.2) is 9.97 Å². The van der Waals surface area contributed by atoms with E-state index in [4.69, 9.17) is 0 Å². The van der Waals surface area contributed by atoms with Gasteiger partial charge in [0.15, 0.2) is 11.5 Å². The van der Waals surface area contributed by atoms with Crippen molar-refractivity contribution in [2.75, 3.05) is 0 Å². The Morgan fingerprint density at radius 1 is 1.06 bits per heavy atom. The molecule has 16 heavy (non-hydrogen) atoms. The van der Waals surface area contributed by atoms with Gasteiger partial charge < -0.3 is 10.2 Å². The summed E-state index contributed by atoms with van der Waals surface area (Å²) in [4.78, 5) is 8.61. The fourth-order valence-corrected chi connectivity index (χ4v) is 1.42. The van der Waals surface area contributed by atoms with Crippen LogP contribution in [0.2, 0.25) is 0 Å². The lowest BCUT2D eigenvalue weighted by molar-refractivity contribution is 0.404. The second-order valence-corrected chi connectivity index (χ2v) is 4.84. The van der Waals surface area contributed by atoms with Crippen molar-refractivity contribution in [1.29, 1.82) is 0 Å². The third kappa shape index (κ3) is 1.78.